The topological polar surface area (TPSA) is 56.5 Å². The van der Waals surface area contributed by atoms with Gasteiger partial charge < -0.3 is 20.5 Å². The summed E-state index contributed by atoms with van der Waals surface area (Å²) < 4.78 is 11.1. The number of hydrogen-bond donors (Lipinski definition) is 2. The number of fused-ring (bicyclic) bond motifs is 1. The molecule has 4 nitrogen and oxygen atoms in total. The normalized spacial score (nSPS) is 19.8. The molecule has 1 aromatic carbocycles. The zero-order chi connectivity index (χ0) is 13.1. The SMILES string of the molecule is Nc1cc2c(cc1NC1CCCCCC1)OCCO2. The van der Waals surface area contributed by atoms with E-state index in [0.717, 1.165) is 22.9 Å². The van der Waals surface area contributed by atoms with Crippen molar-refractivity contribution < 1.29 is 9.47 Å². The number of ether oxygens (including phenoxy) is 2. The highest BCUT2D eigenvalue weighted by molar-refractivity contribution is 5.72. The summed E-state index contributed by atoms with van der Waals surface area (Å²) in [7, 11) is 0. The fourth-order valence-corrected chi connectivity index (χ4v) is 2.87. The van der Waals surface area contributed by atoms with Crippen LogP contribution >= 0.6 is 0 Å². The van der Waals surface area contributed by atoms with E-state index in [-0.39, 0.29) is 0 Å². The van der Waals surface area contributed by atoms with E-state index in [9.17, 15) is 0 Å². The molecule has 104 valence electrons. The van der Waals surface area contributed by atoms with Gasteiger partial charge in [-0.3, -0.25) is 0 Å². The molecule has 0 spiro atoms. The van der Waals surface area contributed by atoms with Crippen LogP contribution in [0, 0.1) is 0 Å². The average molecular weight is 262 g/mol. The smallest absolute Gasteiger partial charge is 0.163 e. The lowest BCUT2D eigenvalue weighted by atomic mass is 10.1. The van der Waals surface area contributed by atoms with Crippen molar-refractivity contribution in [3.63, 3.8) is 0 Å². The Hall–Kier alpha value is -1.58. The number of nitrogens with two attached hydrogens (primary N) is 1. The maximum absolute atomic E-state index is 6.10. The van der Waals surface area contributed by atoms with Crippen LogP contribution in [0.2, 0.25) is 0 Å². The van der Waals surface area contributed by atoms with Gasteiger partial charge in [0, 0.05) is 18.2 Å². The predicted molar refractivity (Wildman–Crippen MR) is 77.0 cm³/mol. The van der Waals surface area contributed by atoms with E-state index in [4.69, 9.17) is 15.2 Å². The molecular weight excluding hydrogens is 240 g/mol. The Labute approximate surface area is 114 Å². The van der Waals surface area contributed by atoms with Crippen molar-refractivity contribution in [2.75, 3.05) is 24.3 Å². The quantitative estimate of drug-likeness (QED) is 0.635. The molecule has 0 saturated heterocycles. The molecule has 3 rings (SSSR count). The summed E-state index contributed by atoms with van der Waals surface area (Å²) in [6.07, 6.45) is 7.79. The summed E-state index contributed by atoms with van der Waals surface area (Å²) in [5, 5.41) is 3.58. The second-order valence-electron chi connectivity index (χ2n) is 5.42. The third-order valence-corrected chi connectivity index (χ3v) is 3.93. The van der Waals surface area contributed by atoms with Crippen LogP contribution in [0.25, 0.3) is 0 Å². The summed E-state index contributed by atoms with van der Waals surface area (Å²) in [6.45, 7) is 1.21. The lowest BCUT2D eigenvalue weighted by molar-refractivity contribution is 0.172. The summed E-state index contributed by atoms with van der Waals surface area (Å²) in [5.74, 6) is 1.56. The minimum Gasteiger partial charge on any atom is -0.486 e. The summed E-state index contributed by atoms with van der Waals surface area (Å²) in [6, 6.07) is 4.38. The van der Waals surface area contributed by atoms with Crippen molar-refractivity contribution in [1.82, 2.24) is 0 Å². The Morgan fingerprint density at radius 3 is 2.26 bits per heavy atom. The molecule has 3 N–H and O–H groups in total. The van der Waals surface area contributed by atoms with E-state index in [2.05, 4.69) is 5.32 Å². The Bertz CT molecular complexity index is 440. The highest BCUT2D eigenvalue weighted by Crippen LogP contribution is 2.37. The van der Waals surface area contributed by atoms with Crippen molar-refractivity contribution in [2.45, 2.75) is 44.6 Å². The largest absolute Gasteiger partial charge is 0.486 e. The predicted octanol–water partition coefficient (Wildman–Crippen LogP) is 3.17. The van der Waals surface area contributed by atoms with Gasteiger partial charge >= 0.3 is 0 Å². The Kier molecular flexibility index (Phi) is 3.67. The second kappa shape index (κ2) is 5.59. The fourth-order valence-electron chi connectivity index (χ4n) is 2.87. The third kappa shape index (κ3) is 2.88. The third-order valence-electron chi connectivity index (χ3n) is 3.93. The maximum atomic E-state index is 6.10. The second-order valence-corrected chi connectivity index (χ2v) is 5.42. The van der Waals surface area contributed by atoms with Gasteiger partial charge in [-0.15, -0.1) is 0 Å². The standard InChI is InChI=1S/C15H22N2O2/c16-12-9-14-15(19-8-7-18-14)10-13(12)17-11-5-3-1-2-4-6-11/h9-11,17H,1-8,16H2. The van der Waals surface area contributed by atoms with E-state index in [1.165, 1.54) is 38.5 Å². The first-order valence-corrected chi connectivity index (χ1v) is 7.28. The Morgan fingerprint density at radius 1 is 0.947 bits per heavy atom. The van der Waals surface area contributed by atoms with Crippen molar-refractivity contribution in [1.29, 1.82) is 0 Å². The van der Waals surface area contributed by atoms with Crippen LogP contribution in [-0.4, -0.2) is 19.3 Å². The monoisotopic (exact) mass is 262 g/mol. The highest BCUT2D eigenvalue weighted by Gasteiger charge is 2.17. The lowest BCUT2D eigenvalue weighted by Crippen LogP contribution is -2.20. The van der Waals surface area contributed by atoms with E-state index in [0.29, 0.717) is 19.3 Å². The molecule has 0 amide bonds. The molecule has 1 saturated carbocycles. The molecule has 0 bridgehead atoms. The average Bonchev–Trinajstić information content (AvgIpc) is 2.68. The van der Waals surface area contributed by atoms with Crippen LogP contribution in [0.4, 0.5) is 11.4 Å². The fraction of sp³-hybridized carbons (Fsp3) is 0.600. The van der Waals surface area contributed by atoms with Crippen molar-refractivity contribution in [2.24, 2.45) is 0 Å². The van der Waals surface area contributed by atoms with Gasteiger partial charge in [0.2, 0.25) is 0 Å². The number of rotatable bonds is 2. The summed E-state index contributed by atoms with van der Waals surface area (Å²) in [4.78, 5) is 0. The molecule has 0 aromatic heterocycles. The van der Waals surface area contributed by atoms with Gasteiger partial charge in [0.25, 0.3) is 0 Å². The van der Waals surface area contributed by atoms with Crippen LogP contribution in [0.3, 0.4) is 0 Å². The van der Waals surface area contributed by atoms with E-state index >= 15 is 0 Å². The number of anilines is 2. The van der Waals surface area contributed by atoms with Crippen molar-refractivity contribution in [3.8, 4) is 11.5 Å². The van der Waals surface area contributed by atoms with Gasteiger partial charge in [-0.2, -0.15) is 0 Å². The first-order chi connectivity index (χ1) is 9.33. The van der Waals surface area contributed by atoms with Crippen molar-refractivity contribution in [3.05, 3.63) is 12.1 Å². The minimum atomic E-state index is 0.535. The molecule has 2 aliphatic rings. The van der Waals surface area contributed by atoms with Crippen LogP contribution in [0.1, 0.15) is 38.5 Å². The zero-order valence-electron chi connectivity index (χ0n) is 11.3. The first kappa shape index (κ1) is 12.5. The lowest BCUT2D eigenvalue weighted by Gasteiger charge is -2.23. The summed E-state index contributed by atoms with van der Waals surface area (Å²) in [5.41, 5.74) is 7.83. The zero-order valence-corrected chi connectivity index (χ0v) is 11.3. The van der Waals surface area contributed by atoms with Crippen LogP contribution in [0.5, 0.6) is 11.5 Å². The van der Waals surface area contributed by atoms with Crippen LogP contribution in [-0.2, 0) is 0 Å². The van der Waals surface area contributed by atoms with Gasteiger partial charge in [-0.1, -0.05) is 25.7 Å². The number of nitrogens with one attached hydrogen (secondary N) is 1. The van der Waals surface area contributed by atoms with Gasteiger partial charge in [-0.05, 0) is 12.8 Å². The van der Waals surface area contributed by atoms with E-state index < -0.39 is 0 Å². The number of nitrogen functional groups attached to an aromatic ring is 1. The van der Waals surface area contributed by atoms with Gasteiger partial charge in [0.15, 0.2) is 11.5 Å². The molecule has 4 heteroatoms. The maximum Gasteiger partial charge on any atom is 0.163 e. The molecule has 0 unspecified atom stereocenters. The van der Waals surface area contributed by atoms with E-state index in [1.54, 1.807) is 0 Å². The van der Waals surface area contributed by atoms with E-state index in [1.807, 2.05) is 12.1 Å². The molecule has 1 aliphatic heterocycles. The molecule has 1 aromatic rings. The molecule has 1 fully saturated rings. The minimum absolute atomic E-state index is 0.535. The van der Waals surface area contributed by atoms with Crippen LogP contribution < -0.4 is 20.5 Å². The Balaban J connectivity index is 1.76. The highest BCUT2D eigenvalue weighted by atomic mass is 16.6. The van der Waals surface area contributed by atoms with Crippen molar-refractivity contribution >= 4 is 11.4 Å². The van der Waals surface area contributed by atoms with Crippen LogP contribution in [0.15, 0.2) is 12.1 Å². The molecule has 1 aliphatic carbocycles. The molecule has 1 heterocycles. The van der Waals surface area contributed by atoms with Gasteiger partial charge in [-0.25, -0.2) is 0 Å². The molecular formula is C15H22N2O2. The summed E-state index contributed by atoms with van der Waals surface area (Å²) >= 11 is 0. The molecule has 19 heavy (non-hydrogen) atoms. The van der Waals surface area contributed by atoms with Gasteiger partial charge in [0.1, 0.15) is 13.2 Å². The molecule has 0 atom stereocenters. The number of hydrogen-bond acceptors (Lipinski definition) is 4. The Morgan fingerprint density at radius 2 is 1.58 bits per heavy atom. The first-order valence-electron chi connectivity index (χ1n) is 7.28. The number of benzene rings is 1. The molecule has 0 radical (unpaired) electrons. The van der Waals surface area contributed by atoms with Gasteiger partial charge in [0.05, 0.1) is 11.4 Å².